The molecule has 1 saturated carbocycles. The molecule has 0 aromatic heterocycles. The molecule has 4 rings (SSSR count). The molecule has 3 N–H and O–H groups in total. The molecule has 7 nitrogen and oxygen atoms in total. The summed E-state index contributed by atoms with van der Waals surface area (Å²) >= 11 is 0. The molecule has 0 radical (unpaired) electrons. The second-order valence-corrected chi connectivity index (χ2v) is 8.15. The number of carbonyl (C=O) groups excluding carboxylic acids is 2. The lowest BCUT2D eigenvalue weighted by Gasteiger charge is -2.19. The second-order valence-electron chi connectivity index (χ2n) is 8.15. The Morgan fingerprint density at radius 2 is 1.56 bits per heavy atom. The highest BCUT2D eigenvalue weighted by Gasteiger charge is 2.51. The summed E-state index contributed by atoms with van der Waals surface area (Å²) in [4.78, 5) is 35.0. The number of carbonyl (C=O) groups is 3. The van der Waals surface area contributed by atoms with Gasteiger partial charge < -0.3 is 20.5 Å². The van der Waals surface area contributed by atoms with E-state index in [1.165, 1.54) is 0 Å². The first kappa shape index (κ1) is 21.7. The molecule has 0 atom stereocenters. The van der Waals surface area contributed by atoms with E-state index in [2.05, 4.69) is 5.32 Å². The Hall–Kier alpha value is -3.49. The number of carboxylic acid groups (broad SMARTS) is 1. The maximum Gasteiger partial charge on any atom is 0.407 e. The van der Waals surface area contributed by atoms with Crippen molar-refractivity contribution in [3.8, 4) is 11.1 Å². The largest absolute Gasteiger partial charge is 0.477 e. The van der Waals surface area contributed by atoms with Crippen LogP contribution in [-0.4, -0.2) is 48.7 Å². The molecule has 168 valence electrons. The third-order valence-electron chi connectivity index (χ3n) is 6.03. The first-order valence-corrected chi connectivity index (χ1v) is 10.2. The van der Waals surface area contributed by atoms with Crippen molar-refractivity contribution in [2.75, 3.05) is 19.7 Å². The van der Waals surface area contributed by atoms with E-state index < -0.39 is 35.9 Å². The molecule has 1 fully saturated rings. The Morgan fingerprint density at radius 3 is 2.09 bits per heavy atom. The lowest BCUT2D eigenvalue weighted by atomic mass is 9.98. The van der Waals surface area contributed by atoms with Gasteiger partial charge in [-0.2, -0.15) is 8.78 Å². The van der Waals surface area contributed by atoms with Gasteiger partial charge in [-0.25, -0.2) is 9.59 Å². The van der Waals surface area contributed by atoms with Crippen molar-refractivity contribution < 1.29 is 33.0 Å². The van der Waals surface area contributed by atoms with Gasteiger partial charge in [-0.1, -0.05) is 48.5 Å². The average molecular weight is 444 g/mol. The highest BCUT2D eigenvalue weighted by Crippen LogP contribution is 2.46. The summed E-state index contributed by atoms with van der Waals surface area (Å²) in [6.07, 6.45) is 0.101. The number of rotatable bonds is 8. The van der Waals surface area contributed by atoms with Gasteiger partial charge in [0.15, 0.2) is 0 Å². The van der Waals surface area contributed by atoms with Crippen LogP contribution in [0.4, 0.5) is 13.6 Å². The topological polar surface area (TPSA) is 105 Å². The maximum absolute atomic E-state index is 13.2. The van der Waals surface area contributed by atoms with Crippen molar-refractivity contribution >= 4 is 18.0 Å². The van der Waals surface area contributed by atoms with E-state index in [1.54, 1.807) is 0 Å². The molecule has 2 aromatic rings. The van der Waals surface area contributed by atoms with Crippen LogP contribution >= 0.6 is 0 Å². The minimum absolute atomic E-state index is 0.0752. The number of halogens is 2. The van der Waals surface area contributed by atoms with E-state index in [-0.39, 0.29) is 19.1 Å². The molecule has 0 aliphatic heterocycles. The first-order valence-electron chi connectivity index (χ1n) is 10.2. The van der Waals surface area contributed by atoms with E-state index >= 15 is 0 Å². The zero-order valence-corrected chi connectivity index (χ0v) is 17.1. The predicted octanol–water partition coefficient (Wildman–Crippen LogP) is 3.14. The molecular formula is C23H22F2N2O5. The Labute approximate surface area is 182 Å². The highest BCUT2D eigenvalue weighted by molar-refractivity contribution is 5.87. The van der Waals surface area contributed by atoms with E-state index in [0.29, 0.717) is 12.8 Å². The van der Waals surface area contributed by atoms with Gasteiger partial charge in [0.25, 0.3) is 0 Å². The number of aliphatic carboxylic acids is 1. The van der Waals surface area contributed by atoms with E-state index in [0.717, 1.165) is 22.3 Å². The minimum Gasteiger partial charge on any atom is -0.477 e. The van der Waals surface area contributed by atoms with Gasteiger partial charge in [0.05, 0.1) is 12.0 Å². The zero-order chi connectivity index (χ0) is 22.9. The van der Waals surface area contributed by atoms with Gasteiger partial charge >= 0.3 is 18.0 Å². The fourth-order valence-corrected chi connectivity index (χ4v) is 3.98. The third kappa shape index (κ3) is 4.15. The number of hydrogen-bond donors (Lipinski definition) is 3. The normalized spacial score (nSPS) is 15.9. The lowest BCUT2D eigenvalue weighted by molar-refractivity contribution is -0.164. The second kappa shape index (κ2) is 8.22. The molecule has 0 unspecified atom stereocenters. The van der Waals surface area contributed by atoms with Crippen molar-refractivity contribution in [3.05, 3.63) is 59.7 Å². The van der Waals surface area contributed by atoms with Crippen LogP contribution in [-0.2, 0) is 14.3 Å². The lowest BCUT2D eigenvalue weighted by Crippen LogP contribution is -2.47. The van der Waals surface area contributed by atoms with Crippen molar-refractivity contribution in [1.29, 1.82) is 0 Å². The molecule has 32 heavy (non-hydrogen) atoms. The number of nitrogens with one attached hydrogen (secondary N) is 2. The van der Waals surface area contributed by atoms with Crippen LogP contribution in [0.1, 0.15) is 29.9 Å². The number of alkyl carbamates (subject to hydrolysis) is 1. The molecule has 0 heterocycles. The molecule has 0 spiro atoms. The summed E-state index contributed by atoms with van der Waals surface area (Å²) in [6.45, 7) is -1.26. The molecule has 9 heteroatoms. The van der Waals surface area contributed by atoms with Crippen molar-refractivity contribution in [2.24, 2.45) is 5.41 Å². The first-order chi connectivity index (χ1) is 15.2. The summed E-state index contributed by atoms with van der Waals surface area (Å²) in [6, 6.07) is 15.8. The Balaban J connectivity index is 1.31. The van der Waals surface area contributed by atoms with Crippen LogP contribution in [0.2, 0.25) is 0 Å². The molecule has 2 aliphatic rings. The van der Waals surface area contributed by atoms with Gasteiger partial charge in [0.2, 0.25) is 5.91 Å². The number of amides is 2. The van der Waals surface area contributed by atoms with Crippen molar-refractivity contribution in [3.63, 3.8) is 0 Å². The SMILES string of the molecule is O=C(NCC1(C(=O)NCC(F)(F)C(=O)O)CC1)OCC1c2ccccc2-c2ccccc21. The van der Waals surface area contributed by atoms with E-state index in [4.69, 9.17) is 9.84 Å². The molecule has 2 aromatic carbocycles. The van der Waals surface area contributed by atoms with E-state index in [1.807, 2.05) is 53.8 Å². The van der Waals surface area contributed by atoms with Gasteiger partial charge in [-0.05, 0) is 35.1 Å². The number of carboxylic acids is 1. The fourth-order valence-electron chi connectivity index (χ4n) is 3.98. The van der Waals surface area contributed by atoms with E-state index in [9.17, 15) is 23.2 Å². The van der Waals surface area contributed by atoms with Crippen LogP contribution in [0.15, 0.2) is 48.5 Å². The quantitative estimate of drug-likeness (QED) is 0.580. The van der Waals surface area contributed by atoms with Crippen LogP contribution in [0.3, 0.4) is 0 Å². The number of fused-ring (bicyclic) bond motifs is 3. The maximum atomic E-state index is 13.2. The molecule has 0 saturated heterocycles. The molecule has 2 aliphatic carbocycles. The van der Waals surface area contributed by atoms with Crippen molar-refractivity contribution in [2.45, 2.75) is 24.7 Å². The third-order valence-corrected chi connectivity index (χ3v) is 6.03. The highest BCUT2D eigenvalue weighted by atomic mass is 19.3. The summed E-state index contributed by atoms with van der Waals surface area (Å²) in [5, 5.41) is 12.9. The average Bonchev–Trinajstić information content (AvgIpc) is 3.51. The Morgan fingerprint density at radius 1 is 1.00 bits per heavy atom. The fraction of sp³-hybridized carbons (Fsp3) is 0.348. The van der Waals surface area contributed by atoms with Crippen LogP contribution in [0, 0.1) is 5.41 Å². The Kier molecular flexibility index (Phi) is 5.58. The molecule has 0 bridgehead atoms. The number of hydrogen-bond acceptors (Lipinski definition) is 4. The smallest absolute Gasteiger partial charge is 0.407 e. The van der Waals surface area contributed by atoms with Crippen LogP contribution in [0.5, 0.6) is 0 Å². The predicted molar refractivity (Wildman–Crippen MR) is 110 cm³/mol. The minimum atomic E-state index is -4.05. The summed E-state index contributed by atoms with van der Waals surface area (Å²) in [5.41, 5.74) is 3.32. The van der Waals surface area contributed by atoms with Crippen LogP contribution in [0.25, 0.3) is 11.1 Å². The van der Waals surface area contributed by atoms with Crippen molar-refractivity contribution in [1.82, 2.24) is 10.6 Å². The summed E-state index contributed by atoms with van der Waals surface area (Å²) in [7, 11) is 0. The number of alkyl halides is 2. The summed E-state index contributed by atoms with van der Waals surface area (Å²) in [5.74, 6) is -7.17. The van der Waals surface area contributed by atoms with Crippen LogP contribution < -0.4 is 10.6 Å². The number of ether oxygens (including phenoxy) is 1. The standard InChI is InChI=1S/C23H22F2N2O5/c24-23(25,20(29)30)13-26-19(28)22(9-10-22)12-27-21(31)32-11-18-16-7-3-1-5-14(16)15-6-2-4-8-17(15)18/h1-8,18H,9-13H2,(H,26,28)(H,27,31)(H,29,30). The van der Waals surface area contributed by atoms with Gasteiger partial charge in [-0.15, -0.1) is 0 Å². The Bertz CT molecular complexity index is 1020. The molecular weight excluding hydrogens is 422 g/mol. The number of benzene rings is 2. The van der Waals surface area contributed by atoms with Gasteiger partial charge in [0.1, 0.15) is 6.61 Å². The molecule has 2 amide bonds. The van der Waals surface area contributed by atoms with Gasteiger partial charge in [0, 0.05) is 12.5 Å². The summed E-state index contributed by atoms with van der Waals surface area (Å²) < 4.78 is 31.8. The zero-order valence-electron chi connectivity index (χ0n) is 17.1. The monoisotopic (exact) mass is 444 g/mol. The van der Waals surface area contributed by atoms with Gasteiger partial charge in [-0.3, -0.25) is 4.79 Å².